The van der Waals surface area contributed by atoms with Crippen LogP contribution in [-0.2, 0) is 0 Å². The molecule has 0 aromatic heterocycles. The van der Waals surface area contributed by atoms with Gasteiger partial charge in [0, 0.05) is 0 Å². The van der Waals surface area contributed by atoms with Crippen LogP contribution in [0.3, 0.4) is 0 Å². The van der Waals surface area contributed by atoms with Crippen molar-refractivity contribution in [2.45, 2.75) is 39.0 Å². The zero-order valence-corrected chi connectivity index (χ0v) is 17.5. The molecule has 0 amide bonds. The van der Waals surface area contributed by atoms with Crippen LogP contribution in [0.1, 0.15) is 39.0 Å². The third-order valence-corrected chi connectivity index (χ3v) is 5.37. The molecule has 2 rings (SSSR count). The van der Waals surface area contributed by atoms with Crippen LogP contribution in [0.5, 0.6) is 5.75 Å². The number of rotatable bonds is 9. The minimum absolute atomic E-state index is 0.168. The van der Waals surface area contributed by atoms with E-state index in [1.54, 1.807) is 0 Å². The van der Waals surface area contributed by atoms with Gasteiger partial charge < -0.3 is 4.74 Å². The second-order valence-corrected chi connectivity index (χ2v) is 7.24. The highest BCUT2D eigenvalue weighted by Gasteiger charge is 2.21. The molecular weight excluding hydrogens is 414 g/mol. The molecule has 0 N–H and O–H groups in total. The summed E-state index contributed by atoms with van der Waals surface area (Å²) in [5, 5.41) is 8.94. The lowest BCUT2D eigenvalue weighted by Gasteiger charge is -2.14. The molecular formula is C19H20Cl4N2O. The van der Waals surface area contributed by atoms with Gasteiger partial charge in [-0.3, -0.25) is 0 Å². The second kappa shape index (κ2) is 11.0. The van der Waals surface area contributed by atoms with E-state index in [4.69, 9.17) is 51.1 Å². The van der Waals surface area contributed by atoms with Crippen molar-refractivity contribution in [3.63, 3.8) is 0 Å². The van der Waals surface area contributed by atoms with Crippen molar-refractivity contribution >= 4 is 57.8 Å². The van der Waals surface area contributed by atoms with Gasteiger partial charge in [0.2, 0.25) is 0 Å². The predicted octanol–water partition coefficient (Wildman–Crippen LogP) is 9.06. The predicted molar refractivity (Wildman–Crippen MR) is 111 cm³/mol. The molecule has 0 fully saturated rings. The molecule has 140 valence electrons. The van der Waals surface area contributed by atoms with Crippen molar-refractivity contribution in [3.05, 3.63) is 50.4 Å². The topological polar surface area (TPSA) is 34.0 Å². The summed E-state index contributed by atoms with van der Waals surface area (Å²) in [6, 6.07) is 9.22. The highest BCUT2D eigenvalue weighted by atomic mass is 35.5. The summed E-state index contributed by atoms with van der Waals surface area (Å²) in [6.07, 6.45) is 5.61. The molecule has 2 aromatic rings. The number of halogens is 4. The molecule has 0 aliphatic rings. The standard InChI is InChI=1S/C19H20Cl4N2O/c1-2-3-4-5-9-12-26-19-16(22)14(20)18(15(21)17(19)23)25-24-13-10-7-6-8-11-13/h6-8,10-11H,2-5,9,12H2,1H3. The largest absolute Gasteiger partial charge is 0.490 e. The molecule has 0 unspecified atom stereocenters. The van der Waals surface area contributed by atoms with E-state index in [2.05, 4.69) is 17.2 Å². The lowest BCUT2D eigenvalue weighted by atomic mass is 10.2. The van der Waals surface area contributed by atoms with Gasteiger partial charge in [-0.25, -0.2) is 0 Å². The van der Waals surface area contributed by atoms with Crippen molar-refractivity contribution in [2.75, 3.05) is 6.61 Å². The number of benzene rings is 2. The summed E-state index contributed by atoms with van der Waals surface area (Å²) >= 11 is 25.3. The van der Waals surface area contributed by atoms with Crippen LogP contribution in [0.2, 0.25) is 20.1 Å². The molecule has 0 bridgehead atoms. The van der Waals surface area contributed by atoms with Crippen LogP contribution in [-0.4, -0.2) is 6.61 Å². The monoisotopic (exact) mass is 432 g/mol. The first-order valence-corrected chi connectivity index (χ1v) is 10.0. The van der Waals surface area contributed by atoms with Crippen LogP contribution < -0.4 is 4.74 Å². The van der Waals surface area contributed by atoms with Crippen molar-refractivity contribution in [1.29, 1.82) is 0 Å². The van der Waals surface area contributed by atoms with Crippen molar-refractivity contribution in [2.24, 2.45) is 10.2 Å². The maximum absolute atomic E-state index is 6.32. The fraction of sp³-hybridized carbons (Fsp3) is 0.368. The third kappa shape index (κ3) is 5.75. The van der Waals surface area contributed by atoms with E-state index in [9.17, 15) is 0 Å². The van der Waals surface area contributed by atoms with Crippen LogP contribution in [0.15, 0.2) is 40.6 Å². The SMILES string of the molecule is CCCCCCCOc1c(Cl)c(Cl)c(N=Nc2ccccc2)c(Cl)c1Cl. The van der Waals surface area contributed by atoms with Crippen LogP contribution >= 0.6 is 46.4 Å². The van der Waals surface area contributed by atoms with Gasteiger partial charge in [0.05, 0.1) is 22.3 Å². The molecule has 0 saturated heterocycles. The Morgan fingerprint density at radius 2 is 1.38 bits per heavy atom. The van der Waals surface area contributed by atoms with Crippen LogP contribution in [0.4, 0.5) is 11.4 Å². The number of ether oxygens (including phenoxy) is 1. The Morgan fingerprint density at radius 1 is 0.769 bits per heavy atom. The minimum atomic E-state index is 0.168. The number of azo groups is 1. The second-order valence-electron chi connectivity index (χ2n) is 5.73. The summed E-state index contributed by atoms with van der Waals surface area (Å²) in [7, 11) is 0. The van der Waals surface area contributed by atoms with Gasteiger partial charge >= 0.3 is 0 Å². The molecule has 3 nitrogen and oxygen atoms in total. The van der Waals surface area contributed by atoms with E-state index in [0.717, 1.165) is 12.8 Å². The minimum Gasteiger partial charge on any atom is -0.490 e. The first-order valence-electron chi connectivity index (χ1n) is 8.51. The van der Waals surface area contributed by atoms with E-state index in [-0.39, 0.29) is 31.5 Å². The maximum Gasteiger partial charge on any atom is 0.159 e. The van der Waals surface area contributed by atoms with E-state index in [0.29, 0.717) is 12.3 Å². The Bertz CT molecular complexity index is 722. The molecule has 0 atom stereocenters. The Balaban J connectivity index is 2.14. The van der Waals surface area contributed by atoms with Crippen molar-refractivity contribution < 1.29 is 4.74 Å². The number of nitrogens with zero attached hydrogens (tertiary/aromatic N) is 2. The summed E-state index contributed by atoms with van der Waals surface area (Å²) in [5.74, 6) is 0.289. The quantitative estimate of drug-likeness (QED) is 0.220. The lowest BCUT2D eigenvalue weighted by molar-refractivity contribution is 0.305. The first-order chi connectivity index (χ1) is 12.6. The number of hydrogen-bond acceptors (Lipinski definition) is 3. The molecule has 0 spiro atoms. The number of unbranched alkanes of at least 4 members (excludes halogenated alkanes) is 4. The fourth-order valence-corrected chi connectivity index (χ4v) is 3.31. The average molecular weight is 434 g/mol. The highest BCUT2D eigenvalue weighted by Crippen LogP contribution is 2.50. The van der Waals surface area contributed by atoms with Gasteiger partial charge in [0.1, 0.15) is 15.7 Å². The van der Waals surface area contributed by atoms with Gasteiger partial charge in [0.25, 0.3) is 0 Å². The molecule has 7 heteroatoms. The molecule has 0 saturated carbocycles. The molecule has 0 aliphatic carbocycles. The fourth-order valence-electron chi connectivity index (χ4n) is 2.30. The summed E-state index contributed by atoms with van der Waals surface area (Å²) < 4.78 is 5.72. The highest BCUT2D eigenvalue weighted by molar-refractivity contribution is 6.51. The van der Waals surface area contributed by atoms with Gasteiger partial charge in [-0.15, -0.1) is 5.11 Å². The molecule has 26 heavy (non-hydrogen) atoms. The smallest absolute Gasteiger partial charge is 0.159 e. The summed E-state index contributed by atoms with van der Waals surface area (Å²) in [4.78, 5) is 0. The Labute approximate surface area is 174 Å². The van der Waals surface area contributed by atoms with E-state index in [1.165, 1.54) is 19.3 Å². The normalized spacial score (nSPS) is 11.3. The van der Waals surface area contributed by atoms with Gasteiger partial charge in [-0.05, 0) is 18.6 Å². The zero-order chi connectivity index (χ0) is 18.9. The first kappa shape index (κ1) is 21.3. The van der Waals surface area contributed by atoms with Crippen molar-refractivity contribution in [1.82, 2.24) is 0 Å². The van der Waals surface area contributed by atoms with E-state index >= 15 is 0 Å². The molecule has 0 radical (unpaired) electrons. The zero-order valence-electron chi connectivity index (χ0n) is 14.4. The summed E-state index contributed by atoms with van der Waals surface area (Å²) in [5.41, 5.74) is 0.891. The maximum atomic E-state index is 6.32. The average Bonchev–Trinajstić information content (AvgIpc) is 2.66. The Morgan fingerprint density at radius 3 is 2.00 bits per heavy atom. The molecule has 2 aromatic carbocycles. The third-order valence-electron chi connectivity index (χ3n) is 3.72. The van der Waals surface area contributed by atoms with Gasteiger partial charge in [0.15, 0.2) is 5.75 Å². The Kier molecular flexibility index (Phi) is 9.00. The van der Waals surface area contributed by atoms with Crippen LogP contribution in [0.25, 0.3) is 0 Å². The van der Waals surface area contributed by atoms with Crippen LogP contribution in [0, 0.1) is 0 Å². The summed E-state index contributed by atoms with van der Waals surface area (Å²) in [6.45, 7) is 2.68. The van der Waals surface area contributed by atoms with E-state index in [1.807, 2.05) is 30.3 Å². The van der Waals surface area contributed by atoms with E-state index < -0.39 is 0 Å². The molecule has 0 aliphatic heterocycles. The van der Waals surface area contributed by atoms with Gasteiger partial charge in [-0.2, -0.15) is 5.11 Å². The number of hydrogen-bond donors (Lipinski definition) is 0. The van der Waals surface area contributed by atoms with Gasteiger partial charge in [-0.1, -0.05) is 97.2 Å². The van der Waals surface area contributed by atoms with Crippen molar-refractivity contribution in [3.8, 4) is 5.75 Å². The lowest BCUT2D eigenvalue weighted by Crippen LogP contribution is -1.99. The molecule has 0 heterocycles. The Hall–Kier alpha value is -1.000.